The van der Waals surface area contributed by atoms with Crippen molar-refractivity contribution in [3.63, 3.8) is 0 Å². The highest BCUT2D eigenvalue weighted by atomic mass is 15.0. The quantitative estimate of drug-likeness (QED) is 0.870. The van der Waals surface area contributed by atoms with E-state index in [1.165, 1.54) is 5.56 Å². The van der Waals surface area contributed by atoms with Crippen molar-refractivity contribution in [3.8, 4) is 6.07 Å². The maximum atomic E-state index is 9.13. The molecule has 0 aliphatic heterocycles. The standard InChI is InChI=1S/C17H21N3/c1-3-17(19-4-2)16-9-10-20(13-16)12-15-8-6-5-7-14(15)11-18/h5-10,13,17,19H,3-4,12H2,1-2H3. The van der Waals surface area contributed by atoms with E-state index < -0.39 is 0 Å². The first-order valence-corrected chi connectivity index (χ1v) is 7.15. The summed E-state index contributed by atoms with van der Waals surface area (Å²) in [6.45, 7) is 6.03. The lowest BCUT2D eigenvalue weighted by molar-refractivity contribution is 0.536. The van der Waals surface area contributed by atoms with Crippen molar-refractivity contribution in [3.05, 3.63) is 59.4 Å². The molecule has 0 spiro atoms. The van der Waals surface area contributed by atoms with E-state index in [1.54, 1.807) is 0 Å². The predicted octanol–water partition coefficient (Wildman–Crippen LogP) is 3.47. The normalized spacial score (nSPS) is 12.1. The second-order valence-electron chi connectivity index (χ2n) is 4.90. The average Bonchev–Trinajstić information content (AvgIpc) is 2.93. The van der Waals surface area contributed by atoms with Crippen molar-refractivity contribution >= 4 is 0 Å². The molecule has 0 bridgehead atoms. The molecule has 2 rings (SSSR count). The monoisotopic (exact) mass is 267 g/mol. The van der Waals surface area contributed by atoms with Gasteiger partial charge >= 0.3 is 0 Å². The molecule has 0 fully saturated rings. The van der Waals surface area contributed by atoms with Crippen molar-refractivity contribution < 1.29 is 0 Å². The van der Waals surface area contributed by atoms with Gasteiger partial charge in [-0.05, 0) is 36.2 Å². The van der Waals surface area contributed by atoms with E-state index in [9.17, 15) is 0 Å². The molecular weight excluding hydrogens is 246 g/mol. The molecule has 1 heterocycles. The molecule has 0 amide bonds. The SMILES string of the molecule is CCNC(CC)c1ccn(Cc2ccccc2C#N)c1. The molecule has 104 valence electrons. The zero-order valence-corrected chi connectivity index (χ0v) is 12.1. The Hall–Kier alpha value is -2.05. The molecule has 0 aliphatic carbocycles. The minimum absolute atomic E-state index is 0.410. The zero-order valence-electron chi connectivity index (χ0n) is 12.1. The lowest BCUT2D eigenvalue weighted by atomic mass is 10.1. The van der Waals surface area contributed by atoms with E-state index in [-0.39, 0.29) is 0 Å². The molecule has 0 radical (unpaired) electrons. The lowest BCUT2D eigenvalue weighted by Crippen LogP contribution is -2.19. The van der Waals surface area contributed by atoms with Crippen LogP contribution < -0.4 is 5.32 Å². The van der Waals surface area contributed by atoms with Crippen molar-refractivity contribution in [1.29, 1.82) is 5.26 Å². The summed E-state index contributed by atoms with van der Waals surface area (Å²) in [7, 11) is 0. The summed E-state index contributed by atoms with van der Waals surface area (Å²) in [6.07, 6.45) is 5.33. The van der Waals surface area contributed by atoms with Crippen LogP contribution in [0.5, 0.6) is 0 Å². The van der Waals surface area contributed by atoms with Crippen LogP contribution in [0.25, 0.3) is 0 Å². The van der Waals surface area contributed by atoms with Crippen molar-refractivity contribution in [1.82, 2.24) is 9.88 Å². The second-order valence-corrected chi connectivity index (χ2v) is 4.90. The van der Waals surface area contributed by atoms with Gasteiger partial charge in [-0.2, -0.15) is 5.26 Å². The first kappa shape index (κ1) is 14.4. The topological polar surface area (TPSA) is 40.8 Å². The Kier molecular flexibility index (Phi) is 4.97. The third kappa shape index (κ3) is 3.28. The third-order valence-corrected chi connectivity index (χ3v) is 3.53. The Balaban J connectivity index is 2.15. The Morgan fingerprint density at radius 1 is 1.25 bits per heavy atom. The maximum Gasteiger partial charge on any atom is 0.0995 e. The highest BCUT2D eigenvalue weighted by molar-refractivity contribution is 5.37. The van der Waals surface area contributed by atoms with E-state index in [0.717, 1.165) is 30.6 Å². The molecule has 1 aromatic heterocycles. The number of nitrogens with zero attached hydrogens (tertiary/aromatic N) is 2. The Bertz CT molecular complexity index is 592. The molecule has 2 aromatic rings. The zero-order chi connectivity index (χ0) is 14.4. The number of hydrogen-bond donors (Lipinski definition) is 1. The summed E-state index contributed by atoms with van der Waals surface area (Å²) in [5.74, 6) is 0. The van der Waals surface area contributed by atoms with Gasteiger partial charge in [0.2, 0.25) is 0 Å². The summed E-state index contributed by atoms with van der Waals surface area (Å²) < 4.78 is 2.14. The van der Waals surface area contributed by atoms with Gasteiger partial charge in [0, 0.05) is 25.0 Å². The van der Waals surface area contributed by atoms with E-state index in [0.29, 0.717) is 6.04 Å². The van der Waals surface area contributed by atoms with Gasteiger partial charge in [-0.15, -0.1) is 0 Å². The summed E-state index contributed by atoms with van der Waals surface area (Å²) in [5.41, 5.74) is 3.12. The number of hydrogen-bond acceptors (Lipinski definition) is 2. The highest BCUT2D eigenvalue weighted by Crippen LogP contribution is 2.18. The number of rotatable bonds is 6. The summed E-state index contributed by atoms with van der Waals surface area (Å²) in [4.78, 5) is 0. The van der Waals surface area contributed by atoms with Crippen LogP contribution in [-0.4, -0.2) is 11.1 Å². The van der Waals surface area contributed by atoms with E-state index >= 15 is 0 Å². The lowest BCUT2D eigenvalue weighted by Gasteiger charge is -2.14. The maximum absolute atomic E-state index is 9.13. The van der Waals surface area contributed by atoms with Crippen LogP contribution in [0.1, 0.15) is 43.0 Å². The number of benzene rings is 1. The first-order valence-electron chi connectivity index (χ1n) is 7.15. The Labute approximate surface area is 120 Å². The van der Waals surface area contributed by atoms with Crippen LogP contribution in [0.3, 0.4) is 0 Å². The van der Waals surface area contributed by atoms with E-state index in [4.69, 9.17) is 5.26 Å². The van der Waals surface area contributed by atoms with Crippen LogP contribution in [-0.2, 0) is 6.54 Å². The molecule has 1 N–H and O–H groups in total. The third-order valence-electron chi connectivity index (χ3n) is 3.53. The molecule has 1 unspecified atom stereocenters. The molecule has 3 nitrogen and oxygen atoms in total. The van der Waals surface area contributed by atoms with Gasteiger partial charge in [0.1, 0.15) is 0 Å². The Morgan fingerprint density at radius 3 is 2.75 bits per heavy atom. The highest BCUT2D eigenvalue weighted by Gasteiger charge is 2.09. The van der Waals surface area contributed by atoms with Crippen LogP contribution >= 0.6 is 0 Å². The van der Waals surface area contributed by atoms with E-state index in [1.807, 2.05) is 24.3 Å². The van der Waals surface area contributed by atoms with Crippen LogP contribution in [0.4, 0.5) is 0 Å². The molecule has 1 aromatic carbocycles. The molecule has 0 saturated heterocycles. The number of nitrogens with one attached hydrogen (secondary N) is 1. The Morgan fingerprint density at radius 2 is 2.05 bits per heavy atom. The summed E-state index contributed by atoms with van der Waals surface area (Å²) in [5, 5.41) is 12.6. The predicted molar refractivity (Wildman–Crippen MR) is 81.4 cm³/mol. The van der Waals surface area contributed by atoms with E-state index in [2.05, 4.69) is 48.3 Å². The summed E-state index contributed by atoms with van der Waals surface area (Å²) >= 11 is 0. The van der Waals surface area contributed by atoms with Gasteiger partial charge in [-0.25, -0.2) is 0 Å². The first-order chi connectivity index (χ1) is 9.78. The van der Waals surface area contributed by atoms with Gasteiger partial charge in [0.15, 0.2) is 0 Å². The fourth-order valence-electron chi connectivity index (χ4n) is 2.47. The average molecular weight is 267 g/mol. The second kappa shape index (κ2) is 6.93. The van der Waals surface area contributed by atoms with Gasteiger partial charge in [-0.3, -0.25) is 0 Å². The molecular formula is C17H21N3. The van der Waals surface area contributed by atoms with Crippen LogP contribution in [0.2, 0.25) is 0 Å². The fraction of sp³-hybridized carbons (Fsp3) is 0.353. The van der Waals surface area contributed by atoms with Crippen molar-refractivity contribution in [2.45, 2.75) is 32.9 Å². The molecule has 20 heavy (non-hydrogen) atoms. The van der Waals surface area contributed by atoms with Gasteiger partial charge < -0.3 is 9.88 Å². The van der Waals surface area contributed by atoms with Crippen molar-refractivity contribution in [2.24, 2.45) is 0 Å². The van der Waals surface area contributed by atoms with Crippen LogP contribution in [0, 0.1) is 11.3 Å². The van der Waals surface area contributed by atoms with Crippen LogP contribution in [0.15, 0.2) is 42.7 Å². The number of aromatic nitrogens is 1. The smallest absolute Gasteiger partial charge is 0.0995 e. The largest absolute Gasteiger partial charge is 0.350 e. The van der Waals surface area contributed by atoms with Crippen molar-refractivity contribution in [2.75, 3.05) is 6.54 Å². The van der Waals surface area contributed by atoms with Gasteiger partial charge in [0.05, 0.1) is 11.6 Å². The fourth-order valence-corrected chi connectivity index (χ4v) is 2.47. The molecule has 1 atom stereocenters. The van der Waals surface area contributed by atoms with Gasteiger partial charge in [-0.1, -0.05) is 32.0 Å². The molecule has 3 heteroatoms. The summed E-state index contributed by atoms with van der Waals surface area (Å²) in [6, 6.07) is 12.6. The molecule has 0 aliphatic rings. The minimum Gasteiger partial charge on any atom is -0.350 e. The molecule has 0 saturated carbocycles. The van der Waals surface area contributed by atoms with Gasteiger partial charge in [0.25, 0.3) is 0 Å². The minimum atomic E-state index is 0.410. The number of nitriles is 1.